The zero-order chi connectivity index (χ0) is 19.3. The van der Waals surface area contributed by atoms with Crippen molar-refractivity contribution in [2.75, 3.05) is 6.79 Å². The largest absolute Gasteiger partial charge is 0.478 e. The van der Waals surface area contributed by atoms with Crippen LogP contribution in [0.1, 0.15) is 34.0 Å². The normalized spacial score (nSPS) is 17.1. The summed E-state index contributed by atoms with van der Waals surface area (Å²) in [6.07, 6.45) is 0.150. The second-order valence-electron chi connectivity index (χ2n) is 6.56. The number of carboxylic acids is 1. The van der Waals surface area contributed by atoms with Gasteiger partial charge in [0, 0.05) is 17.2 Å². The molecule has 2 aromatic carbocycles. The van der Waals surface area contributed by atoms with Gasteiger partial charge in [-0.15, -0.1) is 0 Å². The van der Waals surface area contributed by atoms with Gasteiger partial charge in [-0.25, -0.2) is 4.79 Å². The van der Waals surface area contributed by atoms with Crippen LogP contribution in [0.2, 0.25) is 0 Å². The number of carboxylic acid groups (broad SMARTS) is 1. The molecule has 0 fully saturated rings. The van der Waals surface area contributed by atoms with Gasteiger partial charge in [-0.1, -0.05) is 12.1 Å². The van der Waals surface area contributed by atoms with Crippen LogP contribution in [0.15, 0.2) is 52.9 Å². The molecule has 1 aromatic heterocycles. The first kappa shape index (κ1) is 16.4. The van der Waals surface area contributed by atoms with Crippen LogP contribution >= 0.6 is 0 Å². The predicted molar refractivity (Wildman–Crippen MR) is 95.8 cm³/mol. The fraction of sp³-hybridized carbons (Fsp3) is 0.143. The molecule has 3 heterocycles. The molecule has 0 saturated heterocycles. The van der Waals surface area contributed by atoms with E-state index in [-0.39, 0.29) is 30.7 Å². The first-order valence-corrected chi connectivity index (χ1v) is 8.66. The summed E-state index contributed by atoms with van der Waals surface area (Å²) < 4.78 is 22.2. The zero-order valence-corrected chi connectivity index (χ0v) is 14.5. The van der Waals surface area contributed by atoms with Gasteiger partial charge in [0.05, 0.1) is 17.9 Å². The average Bonchev–Trinajstić information content (AvgIpc) is 3.35. The van der Waals surface area contributed by atoms with Crippen LogP contribution in [0.4, 0.5) is 0 Å². The number of carbonyl (C=O) groups excluding carboxylic acids is 1. The number of fused-ring (bicyclic) bond motifs is 2. The first-order valence-electron chi connectivity index (χ1n) is 8.66. The number of ether oxygens (including phenoxy) is 3. The van der Waals surface area contributed by atoms with Crippen molar-refractivity contribution in [2.24, 2.45) is 0 Å². The van der Waals surface area contributed by atoms with Crippen LogP contribution in [0.25, 0.3) is 11.3 Å². The molecule has 0 spiro atoms. The number of rotatable bonds is 3. The summed E-state index contributed by atoms with van der Waals surface area (Å²) in [6, 6.07) is 13.5. The molecule has 0 aliphatic carbocycles. The van der Waals surface area contributed by atoms with Gasteiger partial charge in [0.2, 0.25) is 6.79 Å². The van der Waals surface area contributed by atoms with E-state index < -0.39 is 5.97 Å². The molecular weight excluding hydrogens is 364 g/mol. The molecule has 7 heteroatoms. The molecule has 0 bridgehead atoms. The minimum Gasteiger partial charge on any atom is -0.478 e. The average molecular weight is 378 g/mol. The minimum atomic E-state index is -0.984. The summed E-state index contributed by atoms with van der Waals surface area (Å²) in [4.78, 5) is 23.1. The second kappa shape index (κ2) is 6.16. The first-order chi connectivity index (χ1) is 13.6. The Balaban J connectivity index is 1.51. The maximum atomic E-state index is 12.1. The van der Waals surface area contributed by atoms with Gasteiger partial charge in [-0.05, 0) is 30.3 Å². The highest BCUT2D eigenvalue weighted by Gasteiger charge is 2.33. The lowest BCUT2D eigenvalue weighted by molar-refractivity contribution is -0.135. The molecule has 0 unspecified atom stereocenters. The number of hydrogen-bond acceptors (Lipinski definition) is 6. The number of aromatic carboxylic acids is 1. The lowest BCUT2D eigenvalue weighted by atomic mass is 9.90. The number of carbonyl (C=O) groups is 2. The van der Waals surface area contributed by atoms with Gasteiger partial charge in [-0.2, -0.15) is 0 Å². The highest BCUT2D eigenvalue weighted by atomic mass is 16.7. The van der Waals surface area contributed by atoms with E-state index in [0.29, 0.717) is 28.8 Å². The Bertz CT molecular complexity index is 1090. The SMILES string of the molecule is O=C1C[C@H](c2ccc(-c3ccc(C(=O)O)cc3)o2)c2cc3c(cc2O1)OCO3. The molecule has 28 heavy (non-hydrogen) atoms. The fourth-order valence-corrected chi connectivity index (χ4v) is 3.47. The van der Waals surface area contributed by atoms with Crippen molar-refractivity contribution in [1.29, 1.82) is 0 Å². The summed E-state index contributed by atoms with van der Waals surface area (Å²) in [5.74, 6) is 1.17. The quantitative estimate of drug-likeness (QED) is 0.547. The topological polar surface area (TPSA) is 95.2 Å². The Morgan fingerprint density at radius 2 is 1.71 bits per heavy atom. The van der Waals surface area contributed by atoms with E-state index in [1.165, 1.54) is 12.1 Å². The third kappa shape index (κ3) is 2.68. The Labute approximate surface area is 159 Å². The van der Waals surface area contributed by atoms with E-state index in [0.717, 1.165) is 11.1 Å². The van der Waals surface area contributed by atoms with E-state index in [9.17, 15) is 9.59 Å². The lowest BCUT2D eigenvalue weighted by Crippen LogP contribution is -2.20. The molecule has 1 atom stereocenters. The monoisotopic (exact) mass is 378 g/mol. The molecule has 1 N–H and O–H groups in total. The zero-order valence-electron chi connectivity index (χ0n) is 14.5. The molecule has 2 aliphatic heterocycles. The third-order valence-corrected chi connectivity index (χ3v) is 4.86. The van der Waals surface area contributed by atoms with Gasteiger partial charge < -0.3 is 23.7 Å². The number of hydrogen-bond donors (Lipinski definition) is 1. The van der Waals surface area contributed by atoms with Crippen LogP contribution in [-0.2, 0) is 4.79 Å². The van der Waals surface area contributed by atoms with Gasteiger partial charge in [-0.3, -0.25) is 4.79 Å². The van der Waals surface area contributed by atoms with Gasteiger partial charge in [0.15, 0.2) is 11.5 Å². The smallest absolute Gasteiger partial charge is 0.335 e. The summed E-state index contributed by atoms with van der Waals surface area (Å²) >= 11 is 0. The maximum absolute atomic E-state index is 12.1. The molecule has 2 aliphatic rings. The molecule has 0 amide bonds. The molecule has 0 saturated carbocycles. The van der Waals surface area contributed by atoms with Crippen LogP contribution in [0.3, 0.4) is 0 Å². The predicted octanol–water partition coefficient (Wildman–Crippen LogP) is 3.81. The number of esters is 1. The highest BCUT2D eigenvalue weighted by molar-refractivity contribution is 5.88. The molecule has 7 nitrogen and oxygen atoms in total. The van der Waals surface area contributed by atoms with Crippen LogP contribution in [0, 0.1) is 0 Å². The number of furan rings is 1. The Morgan fingerprint density at radius 1 is 0.964 bits per heavy atom. The van der Waals surface area contributed by atoms with Crippen molar-refractivity contribution in [3.8, 4) is 28.6 Å². The fourth-order valence-electron chi connectivity index (χ4n) is 3.47. The summed E-state index contributed by atoms with van der Waals surface area (Å²) in [5.41, 5.74) is 1.75. The van der Waals surface area contributed by atoms with Crippen molar-refractivity contribution in [1.82, 2.24) is 0 Å². The molecule has 3 aromatic rings. The summed E-state index contributed by atoms with van der Waals surface area (Å²) in [6.45, 7) is 0.133. The standard InChI is InChI=1S/C21H14O7/c22-20-8-14(13-7-18-19(26-10-25-18)9-17(13)28-20)16-6-5-15(27-16)11-1-3-12(4-2-11)21(23)24/h1-7,9,14H,8,10H2,(H,23,24)/t14-/m0/s1. The van der Waals surface area contributed by atoms with Gasteiger partial charge >= 0.3 is 11.9 Å². The van der Waals surface area contributed by atoms with E-state index in [2.05, 4.69) is 0 Å². The van der Waals surface area contributed by atoms with Crippen LogP contribution in [0.5, 0.6) is 17.2 Å². The Morgan fingerprint density at radius 3 is 2.46 bits per heavy atom. The van der Waals surface area contributed by atoms with Crippen LogP contribution < -0.4 is 14.2 Å². The summed E-state index contributed by atoms with van der Waals surface area (Å²) in [7, 11) is 0. The molecular formula is C21H14O7. The van der Waals surface area contributed by atoms with Crippen molar-refractivity contribution in [3.63, 3.8) is 0 Å². The van der Waals surface area contributed by atoms with Crippen molar-refractivity contribution >= 4 is 11.9 Å². The molecule has 0 radical (unpaired) electrons. The third-order valence-electron chi connectivity index (χ3n) is 4.86. The van der Waals surface area contributed by atoms with Crippen molar-refractivity contribution in [2.45, 2.75) is 12.3 Å². The Kier molecular flexibility index (Phi) is 3.61. The van der Waals surface area contributed by atoms with Gasteiger partial charge in [0.25, 0.3) is 0 Å². The number of benzene rings is 2. The maximum Gasteiger partial charge on any atom is 0.335 e. The lowest BCUT2D eigenvalue weighted by Gasteiger charge is -2.23. The second-order valence-corrected chi connectivity index (χ2v) is 6.56. The van der Waals surface area contributed by atoms with E-state index >= 15 is 0 Å². The minimum absolute atomic E-state index is 0.133. The molecule has 140 valence electrons. The Hall–Kier alpha value is -3.74. The van der Waals surface area contributed by atoms with E-state index in [1.807, 2.05) is 12.1 Å². The van der Waals surface area contributed by atoms with Crippen molar-refractivity contribution < 1.29 is 33.3 Å². The molecule has 5 rings (SSSR count). The van der Waals surface area contributed by atoms with Crippen LogP contribution in [-0.4, -0.2) is 23.8 Å². The summed E-state index contributed by atoms with van der Waals surface area (Å²) in [5, 5.41) is 9.02. The highest BCUT2D eigenvalue weighted by Crippen LogP contribution is 2.46. The van der Waals surface area contributed by atoms with E-state index in [4.69, 9.17) is 23.7 Å². The van der Waals surface area contributed by atoms with E-state index in [1.54, 1.807) is 24.3 Å². The van der Waals surface area contributed by atoms with Crippen molar-refractivity contribution in [3.05, 3.63) is 65.4 Å². The van der Waals surface area contributed by atoms with Gasteiger partial charge in [0.1, 0.15) is 17.3 Å².